The van der Waals surface area contributed by atoms with Crippen molar-refractivity contribution in [1.29, 1.82) is 0 Å². The Morgan fingerprint density at radius 2 is 1.92 bits per heavy atom. The van der Waals surface area contributed by atoms with Gasteiger partial charge in [-0.1, -0.05) is 30.3 Å². The minimum absolute atomic E-state index is 0.0413. The number of nitrogens with zero attached hydrogens (tertiary/aromatic N) is 3. The van der Waals surface area contributed by atoms with Crippen LogP contribution in [0, 0.1) is 0 Å². The van der Waals surface area contributed by atoms with Crippen LogP contribution in [-0.4, -0.2) is 44.7 Å². The summed E-state index contributed by atoms with van der Waals surface area (Å²) in [6.45, 7) is 2.90. The molecule has 25 heavy (non-hydrogen) atoms. The summed E-state index contributed by atoms with van der Waals surface area (Å²) in [5.74, 6) is 1.22. The molecule has 0 spiro atoms. The molecule has 1 aliphatic heterocycles. The zero-order chi connectivity index (χ0) is 17.5. The molecule has 0 aliphatic carbocycles. The van der Waals surface area contributed by atoms with Crippen molar-refractivity contribution in [2.24, 2.45) is 0 Å². The second-order valence-corrected chi connectivity index (χ2v) is 7.16. The van der Waals surface area contributed by atoms with Gasteiger partial charge in [0.2, 0.25) is 10.0 Å². The molecule has 8 heteroatoms. The van der Waals surface area contributed by atoms with Crippen molar-refractivity contribution < 1.29 is 13.2 Å². The fraction of sp³-hybridized carbons (Fsp3) is 0.294. The number of morpholine rings is 1. The zero-order valence-electron chi connectivity index (χ0n) is 13.7. The van der Waals surface area contributed by atoms with Gasteiger partial charge in [-0.15, -0.1) is 0 Å². The van der Waals surface area contributed by atoms with E-state index >= 15 is 0 Å². The van der Waals surface area contributed by atoms with Crippen LogP contribution in [0.25, 0.3) is 6.08 Å². The molecule has 0 amide bonds. The third kappa shape index (κ3) is 5.35. The molecule has 0 bridgehead atoms. The van der Waals surface area contributed by atoms with E-state index < -0.39 is 10.0 Å². The van der Waals surface area contributed by atoms with Gasteiger partial charge in [0.25, 0.3) is 0 Å². The van der Waals surface area contributed by atoms with Crippen molar-refractivity contribution in [3.05, 3.63) is 59.4 Å². The van der Waals surface area contributed by atoms with Crippen LogP contribution in [0.3, 0.4) is 0 Å². The Kier molecular flexibility index (Phi) is 5.75. The van der Waals surface area contributed by atoms with E-state index in [9.17, 15) is 8.42 Å². The van der Waals surface area contributed by atoms with Crippen LogP contribution in [0.4, 0.5) is 5.82 Å². The molecule has 2 heterocycles. The summed E-state index contributed by atoms with van der Waals surface area (Å²) < 4.78 is 32.0. The zero-order valence-corrected chi connectivity index (χ0v) is 14.5. The van der Waals surface area contributed by atoms with E-state index in [1.54, 1.807) is 12.3 Å². The van der Waals surface area contributed by atoms with Crippen molar-refractivity contribution in [3.8, 4) is 0 Å². The lowest BCUT2D eigenvalue weighted by atomic mass is 10.2. The molecule has 132 valence electrons. The normalized spacial score (nSPS) is 15.6. The van der Waals surface area contributed by atoms with Crippen LogP contribution in [0.1, 0.15) is 11.4 Å². The molecular weight excluding hydrogens is 340 g/mol. The van der Waals surface area contributed by atoms with Crippen LogP contribution >= 0.6 is 0 Å². The molecule has 1 aliphatic rings. The highest BCUT2D eigenvalue weighted by Gasteiger charge is 2.13. The number of aromatic nitrogens is 2. The van der Waals surface area contributed by atoms with Gasteiger partial charge in [-0.25, -0.2) is 23.1 Å². The van der Waals surface area contributed by atoms with E-state index in [1.165, 1.54) is 0 Å². The fourth-order valence-electron chi connectivity index (χ4n) is 2.39. The number of benzene rings is 1. The molecule has 1 aromatic heterocycles. The van der Waals surface area contributed by atoms with E-state index in [2.05, 4.69) is 19.6 Å². The lowest BCUT2D eigenvalue weighted by Gasteiger charge is -2.27. The van der Waals surface area contributed by atoms with E-state index in [0.717, 1.165) is 29.9 Å². The highest BCUT2D eigenvalue weighted by molar-refractivity contribution is 7.92. The summed E-state index contributed by atoms with van der Waals surface area (Å²) in [6.07, 6.45) is 3.19. The molecule has 0 saturated carbocycles. The highest BCUT2D eigenvalue weighted by atomic mass is 32.2. The molecule has 0 atom stereocenters. The van der Waals surface area contributed by atoms with Crippen molar-refractivity contribution in [2.45, 2.75) is 6.54 Å². The van der Waals surface area contributed by atoms with E-state index in [1.807, 2.05) is 36.4 Å². The number of hydrogen-bond acceptors (Lipinski definition) is 6. The Balaban J connectivity index is 1.61. The fourth-order valence-corrected chi connectivity index (χ4v) is 3.15. The molecular formula is C17H20N4O3S. The number of hydrogen-bond donors (Lipinski definition) is 1. The van der Waals surface area contributed by atoms with Crippen molar-refractivity contribution >= 4 is 21.9 Å². The van der Waals surface area contributed by atoms with Gasteiger partial charge in [0.1, 0.15) is 11.6 Å². The van der Waals surface area contributed by atoms with Crippen molar-refractivity contribution in [2.75, 3.05) is 31.2 Å². The van der Waals surface area contributed by atoms with Crippen LogP contribution in [0.15, 0.2) is 48.0 Å². The van der Waals surface area contributed by atoms with Crippen LogP contribution in [-0.2, 0) is 21.3 Å². The number of sulfonamides is 1. The SMILES string of the molecule is O=S(=O)(/C=C/c1ccccc1)NCc1nccc(N2CCOCC2)n1. The Bertz CT molecular complexity index is 819. The predicted octanol–water partition coefficient (Wildman–Crippen LogP) is 1.40. The molecule has 1 N–H and O–H groups in total. The molecule has 1 fully saturated rings. The summed E-state index contributed by atoms with van der Waals surface area (Å²) in [5, 5.41) is 1.15. The van der Waals surface area contributed by atoms with Gasteiger partial charge in [-0.05, 0) is 17.7 Å². The second kappa shape index (κ2) is 8.19. The Hall–Kier alpha value is -2.29. The lowest BCUT2D eigenvalue weighted by molar-refractivity contribution is 0.122. The summed E-state index contributed by atoms with van der Waals surface area (Å²) in [6, 6.07) is 11.1. The quantitative estimate of drug-likeness (QED) is 0.838. The van der Waals surface area contributed by atoms with Gasteiger partial charge in [-0.2, -0.15) is 0 Å². The average molecular weight is 360 g/mol. The summed E-state index contributed by atoms with van der Waals surface area (Å²) in [4.78, 5) is 10.7. The van der Waals surface area contributed by atoms with Gasteiger partial charge >= 0.3 is 0 Å². The molecule has 3 rings (SSSR count). The third-order valence-electron chi connectivity index (χ3n) is 3.70. The molecule has 0 radical (unpaired) electrons. The molecule has 2 aromatic rings. The highest BCUT2D eigenvalue weighted by Crippen LogP contribution is 2.12. The monoisotopic (exact) mass is 360 g/mol. The predicted molar refractivity (Wildman–Crippen MR) is 96.3 cm³/mol. The standard InChI is InChI=1S/C17H20N4O3S/c22-25(23,13-7-15-4-2-1-3-5-15)19-14-16-18-8-6-17(20-16)21-9-11-24-12-10-21/h1-8,13,19H,9-12,14H2/b13-7+. The van der Waals surface area contributed by atoms with Crippen LogP contribution in [0.2, 0.25) is 0 Å². The van der Waals surface area contributed by atoms with Crippen molar-refractivity contribution in [1.82, 2.24) is 14.7 Å². The minimum Gasteiger partial charge on any atom is -0.378 e. The summed E-state index contributed by atoms with van der Waals surface area (Å²) in [5.41, 5.74) is 0.818. The molecule has 1 saturated heterocycles. The number of anilines is 1. The van der Waals surface area contributed by atoms with Gasteiger partial charge in [0.15, 0.2) is 0 Å². The Morgan fingerprint density at radius 3 is 2.68 bits per heavy atom. The number of nitrogens with one attached hydrogen (secondary N) is 1. The topological polar surface area (TPSA) is 84.4 Å². The van der Waals surface area contributed by atoms with Gasteiger partial charge < -0.3 is 9.64 Å². The van der Waals surface area contributed by atoms with E-state index in [-0.39, 0.29) is 6.54 Å². The van der Waals surface area contributed by atoms with Crippen LogP contribution in [0.5, 0.6) is 0 Å². The molecule has 7 nitrogen and oxygen atoms in total. The van der Waals surface area contributed by atoms with Gasteiger partial charge in [0.05, 0.1) is 19.8 Å². The van der Waals surface area contributed by atoms with E-state index in [4.69, 9.17) is 4.74 Å². The van der Waals surface area contributed by atoms with Gasteiger partial charge in [0, 0.05) is 24.7 Å². The number of rotatable bonds is 6. The maximum absolute atomic E-state index is 12.1. The first kappa shape index (κ1) is 17.5. The van der Waals surface area contributed by atoms with Gasteiger partial charge in [-0.3, -0.25) is 0 Å². The van der Waals surface area contributed by atoms with E-state index in [0.29, 0.717) is 19.0 Å². The summed E-state index contributed by atoms with van der Waals surface area (Å²) in [7, 11) is -3.56. The first-order valence-electron chi connectivity index (χ1n) is 8.00. The largest absolute Gasteiger partial charge is 0.378 e. The number of ether oxygens (including phenoxy) is 1. The summed E-state index contributed by atoms with van der Waals surface area (Å²) >= 11 is 0. The maximum atomic E-state index is 12.1. The van der Waals surface area contributed by atoms with Crippen LogP contribution < -0.4 is 9.62 Å². The average Bonchev–Trinajstić information content (AvgIpc) is 2.67. The third-order valence-corrected chi connectivity index (χ3v) is 4.74. The lowest BCUT2D eigenvalue weighted by Crippen LogP contribution is -2.37. The first-order chi connectivity index (χ1) is 12.1. The second-order valence-electron chi connectivity index (χ2n) is 5.51. The first-order valence-corrected chi connectivity index (χ1v) is 9.54. The maximum Gasteiger partial charge on any atom is 0.234 e. The molecule has 1 aromatic carbocycles. The minimum atomic E-state index is -3.56. The smallest absolute Gasteiger partial charge is 0.234 e. The Morgan fingerprint density at radius 1 is 1.16 bits per heavy atom. The van der Waals surface area contributed by atoms with Crippen molar-refractivity contribution in [3.63, 3.8) is 0 Å². The Labute approximate surface area is 147 Å². The molecule has 0 unspecified atom stereocenters.